The summed E-state index contributed by atoms with van der Waals surface area (Å²) in [7, 11) is 1.28. The third-order valence-electron chi connectivity index (χ3n) is 3.32. The lowest BCUT2D eigenvalue weighted by molar-refractivity contribution is -0.143. The summed E-state index contributed by atoms with van der Waals surface area (Å²) in [5, 5.41) is 2.55. The van der Waals surface area contributed by atoms with Crippen molar-refractivity contribution in [2.45, 2.75) is 19.1 Å². The molecular weight excluding hydrogens is 374 g/mol. The first-order valence-corrected chi connectivity index (χ1v) is 8.17. The molecule has 0 aliphatic carbocycles. The van der Waals surface area contributed by atoms with Crippen LogP contribution in [0.1, 0.15) is 11.1 Å². The maximum atomic E-state index is 12.0. The summed E-state index contributed by atoms with van der Waals surface area (Å²) >= 11 is 3.38. The van der Waals surface area contributed by atoms with Gasteiger partial charge in [0.15, 0.2) is 0 Å². The molecular formula is C18H18BrNO4. The first-order chi connectivity index (χ1) is 11.6. The Balaban J connectivity index is 1.95. The van der Waals surface area contributed by atoms with Crippen molar-refractivity contribution in [3.8, 4) is 0 Å². The van der Waals surface area contributed by atoms with Crippen LogP contribution in [0.15, 0.2) is 59.1 Å². The Kier molecular flexibility index (Phi) is 6.81. The Morgan fingerprint density at radius 2 is 1.79 bits per heavy atom. The van der Waals surface area contributed by atoms with E-state index in [1.165, 1.54) is 7.11 Å². The molecule has 126 valence electrons. The number of hydrogen-bond donors (Lipinski definition) is 1. The third kappa shape index (κ3) is 5.70. The number of alkyl carbamates (subject to hydrolysis) is 1. The van der Waals surface area contributed by atoms with Crippen molar-refractivity contribution in [3.05, 3.63) is 70.2 Å². The molecule has 0 aliphatic heterocycles. The van der Waals surface area contributed by atoms with Crippen molar-refractivity contribution >= 4 is 28.0 Å². The molecule has 0 radical (unpaired) electrons. The quantitative estimate of drug-likeness (QED) is 0.765. The van der Waals surface area contributed by atoms with Gasteiger partial charge in [-0.2, -0.15) is 0 Å². The lowest BCUT2D eigenvalue weighted by atomic mass is 10.1. The lowest BCUT2D eigenvalue weighted by Crippen LogP contribution is -2.43. The molecule has 24 heavy (non-hydrogen) atoms. The smallest absolute Gasteiger partial charge is 0.408 e. The van der Waals surface area contributed by atoms with Crippen LogP contribution in [0.25, 0.3) is 0 Å². The molecule has 0 unspecified atom stereocenters. The van der Waals surface area contributed by atoms with Gasteiger partial charge in [-0.1, -0.05) is 58.4 Å². The number of amides is 1. The van der Waals surface area contributed by atoms with E-state index in [9.17, 15) is 9.59 Å². The minimum Gasteiger partial charge on any atom is -0.467 e. The summed E-state index contributed by atoms with van der Waals surface area (Å²) in [5.41, 5.74) is 1.76. The molecule has 0 saturated carbocycles. The molecule has 0 saturated heterocycles. The van der Waals surface area contributed by atoms with E-state index in [1.54, 1.807) is 0 Å². The highest BCUT2D eigenvalue weighted by Gasteiger charge is 2.22. The van der Waals surface area contributed by atoms with Crippen molar-refractivity contribution in [1.29, 1.82) is 0 Å². The van der Waals surface area contributed by atoms with E-state index in [4.69, 9.17) is 9.47 Å². The summed E-state index contributed by atoms with van der Waals surface area (Å²) in [4.78, 5) is 23.9. The van der Waals surface area contributed by atoms with Gasteiger partial charge in [0, 0.05) is 10.9 Å². The molecule has 0 heterocycles. The minimum absolute atomic E-state index is 0.136. The van der Waals surface area contributed by atoms with Crippen molar-refractivity contribution in [2.24, 2.45) is 0 Å². The van der Waals surface area contributed by atoms with Crippen LogP contribution in [0.2, 0.25) is 0 Å². The van der Waals surface area contributed by atoms with Crippen LogP contribution in [0.5, 0.6) is 0 Å². The molecule has 0 fully saturated rings. The molecule has 2 rings (SSSR count). The van der Waals surface area contributed by atoms with Crippen LogP contribution in [0, 0.1) is 0 Å². The second kappa shape index (κ2) is 9.08. The predicted octanol–water partition coefficient (Wildman–Crippen LogP) is 3.46. The van der Waals surface area contributed by atoms with Gasteiger partial charge in [-0.25, -0.2) is 9.59 Å². The van der Waals surface area contributed by atoms with Crippen LogP contribution < -0.4 is 5.32 Å². The fourth-order valence-corrected chi connectivity index (χ4v) is 2.59. The number of rotatable bonds is 6. The normalized spacial score (nSPS) is 11.4. The Labute approximate surface area is 149 Å². The Hall–Kier alpha value is -2.34. The van der Waals surface area contributed by atoms with Crippen molar-refractivity contribution in [2.75, 3.05) is 7.11 Å². The van der Waals surface area contributed by atoms with Crippen molar-refractivity contribution in [3.63, 3.8) is 0 Å². The van der Waals surface area contributed by atoms with Gasteiger partial charge in [0.1, 0.15) is 12.6 Å². The molecule has 2 aromatic rings. The summed E-state index contributed by atoms with van der Waals surface area (Å²) in [6.45, 7) is 0.136. The van der Waals surface area contributed by atoms with Gasteiger partial charge in [-0.3, -0.25) is 0 Å². The van der Waals surface area contributed by atoms with Gasteiger partial charge in [0.25, 0.3) is 0 Å². The number of halogens is 1. The van der Waals surface area contributed by atoms with Crippen molar-refractivity contribution < 1.29 is 19.1 Å². The molecule has 2 aromatic carbocycles. The third-order valence-corrected chi connectivity index (χ3v) is 3.81. The molecule has 1 amide bonds. The Morgan fingerprint density at radius 1 is 1.08 bits per heavy atom. The number of hydrogen-bond acceptors (Lipinski definition) is 4. The number of carbonyl (C=O) groups excluding carboxylic acids is 2. The van der Waals surface area contributed by atoms with Gasteiger partial charge in [-0.15, -0.1) is 0 Å². The van der Waals surface area contributed by atoms with Gasteiger partial charge in [0.05, 0.1) is 7.11 Å². The van der Waals surface area contributed by atoms with Crippen LogP contribution in [-0.2, 0) is 27.3 Å². The van der Waals surface area contributed by atoms with Gasteiger partial charge in [0.2, 0.25) is 0 Å². The second-order valence-corrected chi connectivity index (χ2v) is 6.03. The number of methoxy groups -OCH3 is 1. The molecule has 0 aliphatic rings. The molecule has 6 heteroatoms. The van der Waals surface area contributed by atoms with Gasteiger partial charge < -0.3 is 14.8 Å². The SMILES string of the molecule is COC(=O)[C@H](Cc1cccc(Br)c1)NC(=O)OCc1ccccc1. The summed E-state index contributed by atoms with van der Waals surface area (Å²) in [6, 6.07) is 16.0. The van der Waals surface area contributed by atoms with E-state index >= 15 is 0 Å². The number of esters is 1. The van der Waals surface area contributed by atoms with E-state index in [0.29, 0.717) is 6.42 Å². The lowest BCUT2D eigenvalue weighted by Gasteiger charge is -2.16. The maximum Gasteiger partial charge on any atom is 0.408 e. The molecule has 5 nitrogen and oxygen atoms in total. The summed E-state index contributed by atoms with van der Waals surface area (Å²) in [5.74, 6) is -0.522. The highest BCUT2D eigenvalue weighted by Crippen LogP contribution is 2.13. The van der Waals surface area contributed by atoms with E-state index in [-0.39, 0.29) is 6.61 Å². The zero-order chi connectivity index (χ0) is 17.4. The number of carbonyl (C=O) groups is 2. The molecule has 0 spiro atoms. The molecule has 0 bridgehead atoms. The van der Waals surface area contributed by atoms with Crippen LogP contribution >= 0.6 is 15.9 Å². The van der Waals surface area contributed by atoms with Crippen LogP contribution in [-0.4, -0.2) is 25.2 Å². The Morgan fingerprint density at radius 3 is 2.46 bits per heavy atom. The molecule has 0 aromatic heterocycles. The van der Waals surface area contributed by atoms with Crippen LogP contribution in [0.3, 0.4) is 0 Å². The highest BCUT2D eigenvalue weighted by atomic mass is 79.9. The van der Waals surface area contributed by atoms with Gasteiger partial charge in [-0.05, 0) is 23.3 Å². The van der Waals surface area contributed by atoms with E-state index < -0.39 is 18.1 Å². The first kappa shape index (κ1) is 18.0. The largest absolute Gasteiger partial charge is 0.467 e. The standard InChI is InChI=1S/C18H18BrNO4/c1-23-17(21)16(11-14-8-5-9-15(19)10-14)20-18(22)24-12-13-6-3-2-4-7-13/h2-10,16H,11-12H2,1H3,(H,20,22)/t16-/m0/s1. The zero-order valence-corrected chi connectivity index (χ0v) is 14.8. The second-order valence-electron chi connectivity index (χ2n) is 5.12. The minimum atomic E-state index is -0.812. The summed E-state index contributed by atoms with van der Waals surface area (Å²) in [6.07, 6.45) is -0.351. The summed E-state index contributed by atoms with van der Waals surface area (Å²) < 4.78 is 10.8. The number of benzene rings is 2. The predicted molar refractivity (Wildman–Crippen MR) is 93.4 cm³/mol. The monoisotopic (exact) mass is 391 g/mol. The Bertz CT molecular complexity index is 690. The average Bonchev–Trinajstić information content (AvgIpc) is 2.59. The van der Waals surface area contributed by atoms with Crippen molar-refractivity contribution in [1.82, 2.24) is 5.32 Å². The van der Waals surface area contributed by atoms with E-state index in [2.05, 4.69) is 21.2 Å². The fraction of sp³-hybridized carbons (Fsp3) is 0.222. The van der Waals surface area contributed by atoms with E-state index in [1.807, 2.05) is 54.6 Å². The number of nitrogens with one attached hydrogen (secondary N) is 1. The first-order valence-electron chi connectivity index (χ1n) is 7.38. The maximum absolute atomic E-state index is 12.0. The fourth-order valence-electron chi connectivity index (χ4n) is 2.14. The topological polar surface area (TPSA) is 64.6 Å². The zero-order valence-electron chi connectivity index (χ0n) is 13.2. The molecule has 1 atom stereocenters. The highest BCUT2D eigenvalue weighted by molar-refractivity contribution is 9.10. The number of ether oxygens (including phenoxy) is 2. The molecule has 1 N–H and O–H groups in total. The van der Waals surface area contributed by atoms with E-state index in [0.717, 1.165) is 15.6 Å². The van der Waals surface area contributed by atoms with Gasteiger partial charge >= 0.3 is 12.1 Å². The average molecular weight is 392 g/mol. The van der Waals surface area contributed by atoms with Crippen LogP contribution in [0.4, 0.5) is 4.79 Å².